The van der Waals surface area contributed by atoms with Crippen LogP contribution in [-0.2, 0) is 4.74 Å². The van der Waals surface area contributed by atoms with Crippen molar-refractivity contribution in [2.75, 3.05) is 21.3 Å². The summed E-state index contributed by atoms with van der Waals surface area (Å²) in [6, 6.07) is 7.08. The predicted molar refractivity (Wildman–Crippen MR) is 66.2 cm³/mol. The van der Waals surface area contributed by atoms with Crippen molar-refractivity contribution in [3.8, 4) is 11.6 Å². The number of hydrogen-bond donors (Lipinski definition) is 0. The normalized spacial score (nSPS) is 10.2. The Labute approximate surface area is 104 Å². The number of carbonyl (C=O) groups is 1. The topological polar surface area (TPSA) is 57.7 Å². The first kappa shape index (κ1) is 12.2. The molecule has 0 spiro atoms. The smallest absolute Gasteiger partial charge is 0.343 e. The summed E-state index contributed by atoms with van der Waals surface area (Å²) in [4.78, 5) is 15.9. The number of nitrogens with zero attached hydrogens (tertiary/aromatic N) is 1. The van der Waals surface area contributed by atoms with Crippen LogP contribution in [0.5, 0.6) is 11.6 Å². The maximum absolute atomic E-state index is 11.6. The number of fused-ring (bicyclic) bond motifs is 1. The van der Waals surface area contributed by atoms with Crippen LogP contribution in [0.25, 0.3) is 10.9 Å². The zero-order valence-electron chi connectivity index (χ0n) is 10.4. The molecule has 1 aromatic carbocycles. The monoisotopic (exact) mass is 247 g/mol. The van der Waals surface area contributed by atoms with E-state index in [1.807, 2.05) is 0 Å². The summed E-state index contributed by atoms with van der Waals surface area (Å²) >= 11 is 0. The van der Waals surface area contributed by atoms with Gasteiger partial charge < -0.3 is 14.2 Å². The third kappa shape index (κ3) is 2.07. The average Bonchev–Trinajstić information content (AvgIpc) is 2.44. The summed E-state index contributed by atoms with van der Waals surface area (Å²) in [6.45, 7) is 0. The van der Waals surface area contributed by atoms with E-state index in [-0.39, 0.29) is 5.88 Å². The van der Waals surface area contributed by atoms with Crippen molar-refractivity contribution in [1.82, 2.24) is 4.98 Å². The summed E-state index contributed by atoms with van der Waals surface area (Å²) in [6.07, 6.45) is 0. The minimum absolute atomic E-state index is 0.250. The highest BCUT2D eigenvalue weighted by molar-refractivity contribution is 5.96. The first-order chi connectivity index (χ1) is 8.69. The van der Waals surface area contributed by atoms with E-state index >= 15 is 0 Å². The van der Waals surface area contributed by atoms with E-state index in [9.17, 15) is 4.79 Å². The largest absolute Gasteiger partial charge is 0.497 e. The summed E-state index contributed by atoms with van der Waals surface area (Å²) in [5, 5.41) is 0.788. The van der Waals surface area contributed by atoms with Gasteiger partial charge in [0.15, 0.2) is 0 Å². The Morgan fingerprint density at radius 1 is 1.11 bits per heavy atom. The van der Waals surface area contributed by atoms with Gasteiger partial charge in [0.25, 0.3) is 0 Å². The van der Waals surface area contributed by atoms with Crippen molar-refractivity contribution in [3.63, 3.8) is 0 Å². The van der Waals surface area contributed by atoms with Gasteiger partial charge in [-0.15, -0.1) is 0 Å². The fraction of sp³-hybridized carbons (Fsp3) is 0.231. The third-order valence-electron chi connectivity index (χ3n) is 2.59. The molecular weight excluding hydrogens is 234 g/mol. The lowest BCUT2D eigenvalue weighted by Gasteiger charge is -2.08. The molecule has 1 heterocycles. The molecule has 5 heteroatoms. The molecule has 0 aliphatic heterocycles. The van der Waals surface area contributed by atoms with E-state index in [2.05, 4.69) is 4.98 Å². The molecule has 0 N–H and O–H groups in total. The number of hydrogen-bond acceptors (Lipinski definition) is 5. The van der Waals surface area contributed by atoms with Gasteiger partial charge in [-0.1, -0.05) is 0 Å². The first-order valence-electron chi connectivity index (χ1n) is 5.30. The fourth-order valence-electron chi connectivity index (χ4n) is 1.68. The van der Waals surface area contributed by atoms with Crippen LogP contribution in [-0.4, -0.2) is 32.3 Å². The molecule has 0 radical (unpaired) electrons. The van der Waals surface area contributed by atoms with Gasteiger partial charge in [-0.25, -0.2) is 9.78 Å². The molecule has 0 bridgehead atoms. The highest BCUT2D eigenvalue weighted by Gasteiger charge is 2.15. The molecule has 0 aliphatic rings. The Kier molecular flexibility index (Phi) is 3.32. The van der Waals surface area contributed by atoms with Crippen molar-refractivity contribution in [3.05, 3.63) is 29.8 Å². The molecule has 1 aromatic heterocycles. The van der Waals surface area contributed by atoms with Crippen LogP contribution in [0.3, 0.4) is 0 Å². The highest BCUT2D eigenvalue weighted by atomic mass is 16.5. The van der Waals surface area contributed by atoms with Crippen molar-refractivity contribution in [2.45, 2.75) is 0 Å². The number of methoxy groups -OCH3 is 3. The van der Waals surface area contributed by atoms with Gasteiger partial charge in [-0.05, 0) is 24.3 Å². The molecule has 0 atom stereocenters. The molecular formula is C13H13NO4. The van der Waals surface area contributed by atoms with Crippen molar-refractivity contribution < 1.29 is 19.0 Å². The zero-order valence-corrected chi connectivity index (χ0v) is 10.4. The number of benzene rings is 1. The quantitative estimate of drug-likeness (QED) is 0.777. The summed E-state index contributed by atoms with van der Waals surface area (Å²) < 4.78 is 14.9. The van der Waals surface area contributed by atoms with E-state index in [0.29, 0.717) is 11.3 Å². The van der Waals surface area contributed by atoms with Crippen LogP contribution < -0.4 is 9.47 Å². The van der Waals surface area contributed by atoms with E-state index < -0.39 is 5.97 Å². The van der Waals surface area contributed by atoms with Crippen LogP contribution in [0.2, 0.25) is 0 Å². The Morgan fingerprint density at radius 3 is 2.50 bits per heavy atom. The van der Waals surface area contributed by atoms with Crippen LogP contribution in [0.15, 0.2) is 24.3 Å². The minimum Gasteiger partial charge on any atom is -0.497 e. The second-order valence-electron chi connectivity index (χ2n) is 3.60. The molecule has 0 fully saturated rings. The van der Waals surface area contributed by atoms with Crippen LogP contribution in [0.1, 0.15) is 10.4 Å². The fourth-order valence-corrected chi connectivity index (χ4v) is 1.68. The maximum Gasteiger partial charge on any atom is 0.343 e. The Hall–Kier alpha value is -2.30. The molecule has 94 valence electrons. The summed E-state index contributed by atoms with van der Waals surface area (Å²) in [5.41, 5.74) is 1.01. The van der Waals surface area contributed by atoms with Gasteiger partial charge >= 0.3 is 5.97 Å². The maximum atomic E-state index is 11.6. The lowest BCUT2D eigenvalue weighted by atomic mass is 10.1. The van der Waals surface area contributed by atoms with E-state index in [1.165, 1.54) is 14.2 Å². The number of pyridine rings is 1. The molecule has 5 nitrogen and oxygen atoms in total. The van der Waals surface area contributed by atoms with E-state index in [0.717, 1.165) is 10.9 Å². The molecule has 18 heavy (non-hydrogen) atoms. The third-order valence-corrected chi connectivity index (χ3v) is 2.59. The molecule has 2 rings (SSSR count). The first-order valence-corrected chi connectivity index (χ1v) is 5.30. The molecule has 0 aliphatic carbocycles. The molecule has 0 unspecified atom stereocenters. The number of carbonyl (C=O) groups excluding carboxylic acids is 1. The van der Waals surface area contributed by atoms with Gasteiger partial charge in [-0.3, -0.25) is 0 Å². The Balaban J connectivity index is 2.65. The number of rotatable bonds is 3. The standard InChI is InChI=1S/C13H13NO4/c1-16-9-4-5-11-8(6-9)7-10(13(15)18-3)12(14-11)17-2/h4-7H,1-3H3. The van der Waals surface area contributed by atoms with Gasteiger partial charge in [0.1, 0.15) is 11.3 Å². The zero-order chi connectivity index (χ0) is 13.1. The SMILES string of the molecule is COC(=O)c1cc2cc(OC)ccc2nc1OC. The van der Waals surface area contributed by atoms with E-state index in [4.69, 9.17) is 14.2 Å². The summed E-state index contributed by atoms with van der Waals surface area (Å²) in [7, 11) is 4.36. The predicted octanol–water partition coefficient (Wildman–Crippen LogP) is 2.04. The summed E-state index contributed by atoms with van der Waals surface area (Å²) in [5.74, 6) is 0.467. The second kappa shape index (κ2) is 4.91. The van der Waals surface area contributed by atoms with E-state index in [1.54, 1.807) is 31.4 Å². The second-order valence-corrected chi connectivity index (χ2v) is 3.60. The Morgan fingerprint density at radius 2 is 1.89 bits per heavy atom. The number of aromatic nitrogens is 1. The lowest BCUT2D eigenvalue weighted by Crippen LogP contribution is -2.05. The van der Waals surface area contributed by atoms with Crippen molar-refractivity contribution in [1.29, 1.82) is 0 Å². The Bertz CT molecular complexity index is 595. The number of ether oxygens (including phenoxy) is 3. The average molecular weight is 247 g/mol. The molecule has 0 saturated heterocycles. The minimum atomic E-state index is -0.482. The van der Waals surface area contributed by atoms with Crippen LogP contribution >= 0.6 is 0 Å². The lowest BCUT2D eigenvalue weighted by molar-refractivity contribution is 0.0596. The molecule has 0 amide bonds. The number of esters is 1. The molecule has 2 aromatic rings. The van der Waals surface area contributed by atoms with Gasteiger partial charge in [0.2, 0.25) is 5.88 Å². The highest BCUT2D eigenvalue weighted by Crippen LogP contribution is 2.25. The van der Waals surface area contributed by atoms with Crippen LogP contribution in [0, 0.1) is 0 Å². The van der Waals surface area contributed by atoms with Gasteiger partial charge in [0, 0.05) is 5.39 Å². The molecule has 0 saturated carbocycles. The van der Waals surface area contributed by atoms with Crippen LogP contribution in [0.4, 0.5) is 0 Å². The van der Waals surface area contributed by atoms with Crippen molar-refractivity contribution in [2.24, 2.45) is 0 Å². The van der Waals surface area contributed by atoms with Gasteiger partial charge in [-0.2, -0.15) is 0 Å². The van der Waals surface area contributed by atoms with Gasteiger partial charge in [0.05, 0.1) is 26.8 Å². The van der Waals surface area contributed by atoms with Crippen molar-refractivity contribution >= 4 is 16.9 Å².